The van der Waals surface area contributed by atoms with Crippen LogP contribution in [0.4, 0.5) is 13.2 Å². The average molecular weight is 199 g/mol. The number of hydrogen-bond acceptors (Lipinski definition) is 1. The first-order valence-corrected chi connectivity index (χ1v) is 4.03. The van der Waals surface area contributed by atoms with Gasteiger partial charge < -0.3 is 0 Å². The van der Waals surface area contributed by atoms with E-state index in [0.29, 0.717) is 0 Å². The van der Waals surface area contributed by atoms with Crippen LogP contribution >= 0.6 is 0 Å². The lowest BCUT2D eigenvalue weighted by Crippen LogP contribution is -1.97. The second kappa shape index (κ2) is 4.14. The zero-order chi connectivity index (χ0) is 10.7. The van der Waals surface area contributed by atoms with Crippen LogP contribution < -0.4 is 0 Å². The molecule has 0 fully saturated rings. The van der Waals surface area contributed by atoms with Crippen LogP contribution in [0.1, 0.15) is 30.4 Å². The Kier molecular flexibility index (Phi) is 3.13. The quantitative estimate of drug-likeness (QED) is 0.716. The molecule has 0 aliphatic carbocycles. The molecule has 1 aromatic carbocycles. The van der Waals surface area contributed by atoms with Crippen LogP contribution in [0.5, 0.6) is 0 Å². The summed E-state index contributed by atoms with van der Waals surface area (Å²) in [4.78, 5) is 0. The SMILES string of the molecule is CC(C#N)c1cc(C(F)F)ccc1F. The van der Waals surface area contributed by atoms with E-state index in [0.717, 1.165) is 18.2 Å². The van der Waals surface area contributed by atoms with Crippen molar-refractivity contribution in [3.8, 4) is 6.07 Å². The Morgan fingerprint density at radius 2 is 2.00 bits per heavy atom. The van der Waals surface area contributed by atoms with Gasteiger partial charge in [0.15, 0.2) is 0 Å². The second-order valence-corrected chi connectivity index (χ2v) is 2.93. The van der Waals surface area contributed by atoms with E-state index in [1.54, 1.807) is 6.07 Å². The molecule has 0 saturated heterocycles. The lowest BCUT2D eigenvalue weighted by molar-refractivity contribution is 0.151. The third-order valence-corrected chi connectivity index (χ3v) is 1.93. The van der Waals surface area contributed by atoms with Crippen LogP contribution in [-0.4, -0.2) is 0 Å². The van der Waals surface area contributed by atoms with Crippen LogP contribution in [-0.2, 0) is 0 Å². The molecule has 1 unspecified atom stereocenters. The molecule has 4 heteroatoms. The topological polar surface area (TPSA) is 23.8 Å². The van der Waals surface area contributed by atoms with Gasteiger partial charge in [-0.2, -0.15) is 5.26 Å². The summed E-state index contributed by atoms with van der Waals surface area (Å²) < 4.78 is 37.6. The molecule has 0 spiro atoms. The fourth-order valence-corrected chi connectivity index (χ4v) is 1.10. The molecule has 14 heavy (non-hydrogen) atoms. The summed E-state index contributed by atoms with van der Waals surface area (Å²) in [5.41, 5.74) is -0.242. The molecular weight excluding hydrogens is 191 g/mol. The van der Waals surface area contributed by atoms with Gasteiger partial charge in [0.2, 0.25) is 0 Å². The Morgan fingerprint density at radius 3 is 2.50 bits per heavy atom. The Labute approximate surface area is 79.8 Å². The number of nitrogens with zero attached hydrogens (tertiary/aromatic N) is 1. The highest BCUT2D eigenvalue weighted by molar-refractivity contribution is 5.31. The summed E-state index contributed by atoms with van der Waals surface area (Å²) in [7, 11) is 0. The largest absolute Gasteiger partial charge is 0.263 e. The Bertz CT molecular complexity index is 368. The smallest absolute Gasteiger partial charge is 0.207 e. The molecular formula is C10H8F3N. The van der Waals surface area contributed by atoms with Crippen molar-refractivity contribution < 1.29 is 13.2 Å². The van der Waals surface area contributed by atoms with Crippen molar-refractivity contribution in [1.82, 2.24) is 0 Å². The van der Waals surface area contributed by atoms with Crippen LogP contribution in [0.2, 0.25) is 0 Å². The van der Waals surface area contributed by atoms with Crippen LogP contribution in [0, 0.1) is 17.1 Å². The third-order valence-electron chi connectivity index (χ3n) is 1.93. The highest BCUT2D eigenvalue weighted by Gasteiger charge is 2.14. The molecule has 0 radical (unpaired) electrons. The third kappa shape index (κ3) is 2.05. The monoisotopic (exact) mass is 199 g/mol. The van der Waals surface area contributed by atoms with Gasteiger partial charge in [-0.15, -0.1) is 0 Å². The minimum absolute atomic E-state index is 0.0188. The lowest BCUT2D eigenvalue weighted by Gasteiger charge is -2.07. The molecule has 0 aliphatic heterocycles. The molecule has 0 bridgehead atoms. The van der Waals surface area contributed by atoms with Crippen molar-refractivity contribution in [2.24, 2.45) is 0 Å². The van der Waals surface area contributed by atoms with E-state index in [2.05, 4.69) is 0 Å². The standard InChI is InChI=1S/C10H8F3N/c1-6(5-14)8-4-7(10(12)13)2-3-9(8)11/h2-4,6,10H,1H3. The number of halogens is 3. The molecule has 0 heterocycles. The minimum Gasteiger partial charge on any atom is -0.207 e. The van der Waals surface area contributed by atoms with Gasteiger partial charge in [0.1, 0.15) is 5.82 Å². The first-order valence-electron chi connectivity index (χ1n) is 4.03. The number of nitriles is 1. The number of alkyl halides is 2. The van der Waals surface area contributed by atoms with Gasteiger partial charge in [-0.25, -0.2) is 13.2 Å². The molecule has 1 atom stereocenters. The molecule has 0 aromatic heterocycles. The number of rotatable bonds is 2. The number of hydrogen-bond donors (Lipinski definition) is 0. The molecule has 74 valence electrons. The van der Waals surface area contributed by atoms with Crippen molar-refractivity contribution in [2.45, 2.75) is 19.3 Å². The molecule has 0 N–H and O–H groups in total. The normalized spacial score (nSPS) is 12.6. The van der Waals surface area contributed by atoms with Crippen molar-refractivity contribution in [1.29, 1.82) is 5.26 Å². The van der Waals surface area contributed by atoms with Crippen molar-refractivity contribution in [3.63, 3.8) is 0 Å². The highest BCUT2D eigenvalue weighted by Crippen LogP contribution is 2.25. The van der Waals surface area contributed by atoms with E-state index >= 15 is 0 Å². The summed E-state index contributed by atoms with van der Waals surface area (Å²) in [6.07, 6.45) is -2.64. The van der Waals surface area contributed by atoms with Crippen molar-refractivity contribution in [2.75, 3.05) is 0 Å². The predicted molar refractivity (Wildman–Crippen MR) is 45.4 cm³/mol. The predicted octanol–water partition coefficient (Wildman–Crippen LogP) is 3.39. The maximum atomic E-state index is 13.1. The first-order chi connectivity index (χ1) is 6.56. The molecule has 0 aliphatic rings. The van der Waals surface area contributed by atoms with Gasteiger partial charge in [-0.1, -0.05) is 6.07 Å². The van der Waals surface area contributed by atoms with E-state index in [1.807, 2.05) is 0 Å². The van der Waals surface area contributed by atoms with E-state index in [4.69, 9.17) is 5.26 Å². The average Bonchev–Trinajstić information content (AvgIpc) is 2.17. The van der Waals surface area contributed by atoms with Gasteiger partial charge in [0, 0.05) is 11.1 Å². The zero-order valence-electron chi connectivity index (χ0n) is 7.47. The van der Waals surface area contributed by atoms with E-state index in [-0.39, 0.29) is 11.1 Å². The molecule has 1 aromatic rings. The molecule has 1 nitrogen and oxygen atoms in total. The zero-order valence-corrected chi connectivity index (χ0v) is 7.47. The number of benzene rings is 1. The summed E-state index contributed by atoms with van der Waals surface area (Å²) in [6, 6.07) is 4.82. The maximum Gasteiger partial charge on any atom is 0.263 e. The Hall–Kier alpha value is -1.50. The summed E-state index contributed by atoms with van der Waals surface area (Å²) >= 11 is 0. The van der Waals surface area contributed by atoms with E-state index in [9.17, 15) is 13.2 Å². The minimum atomic E-state index is -2.64. The van der Waals surface area contributed by atoms with Crippen molar-refractivity contribution >= 4 is 0 Å². The fourth-order valence-electron chi connectivity index (χ4n) is 1.10. The maximum absolute atomic E-state index is 13.1. The van der Waals surface area contributed by atoms with Gasteiger partial charge >= 0.3 is 0 Å². The Morgan fingerprint density at radius 1 is 1.36 bits per heavy atom. The molecule has 1 rings (SSSR count). The van der Waals surface area contributed by atoms with E-state index < -0.39 is 18.2 Å². The van der Waals surface area contributed by atoms with Crippen LogP contribution in [0.3, 0.4) is 0 Å². The van der Waals surface area contributed by atoms with E-state index in [1.165, 1.54) is 6.92 Å². The first kappa shape index (κ1) is 10.6. The van der Waals surface area contributed by atoms with Gasteiger partial charge in [0.05, 0.1) is 12.0 Å². The summed E-state index contributed by atoms with van der Waals surface area (Å²) in [6.45, 7) is 1.47. The summed E-state index contributed by atoms with van der Waals surface area (Å²) in [5.74, 6) is -1.34. The summed E-state index contributed by atoms with van der Waals surface area (Å²) in [5, 5.41) is 8.54. The fraction of sp³-hybridized carbons (Fsp3) is 0.300. The Balaban J connectivity index is 3.16. The van der Waals surface area contributed by atoms with Crippen LogP contribution in [0.15, 0.2) is 18.2 Å². The highest BCUT2D eigenvalue weighted by atomic mass is 19.3. The van der Waals surface area contributed by atoms with Gasteiger partial charge in [-0.3, -0.25) is 0 Å². The van der Waals surface area contributed by atoms with Crippen LogP contribution in [0.25, 0.3) is 0 Å². The van der Waals surface area contributed by atoms with Gasteiger partial charge in [-0.05, 0) is 19.1 Å². The van der Waals surface area contributed by atoms with Crippen molar-refractivity contribution in [3.05, 3.63) is 35.1 Å². The van der Waals surface area contributed by atoms with Gasteiger partial charge in [0.25, 0.3) is 6.43 Å². The molecule has 0 amide bonds. The lowest BCUT2D eigenvalue weighted by atomic mass is 10.00. The molecule has 0 saturated carbocycles. The second-order valence-electron chi connectivity index (χ2n) is 2.93.